The fraction of sp³-hybridized carbons (Fsp3) is 1.00. The minimum atomic E-state index is 0.527. The fourth-order valence-electron chi connectivity index (χ4n) is 4.14. The molecule has 1 aliphatic carbocycles. The maximum atomic E-state index is 4.68. The van der Waals surface area contributed by atoms with Gasteiger partial charge in [-0.2, -0.15) is 12.6 Å². The third-order valence-electron chi connectivity index (χ3n) is 5.38. The molecule has 0 aromatic heterocycles. The zero-order chi connectivity index (χ0) is 13.7. The van der Waals surface area contributed by atoms with Crippen LogP contribution in [0.15, 0.2) is 0 Å². The first kappa shape index (κ1) is 15.7. The summed E-state index contributed by atoms with van der Waals surface area (Å²) in [7, 11) is 0. The van der Waals surface area contributed by atoms with Crippen LogP contribution >= 0.6 is 12.6 Å². The Morgan fingerprint density at radius 1 is 1.16 bits per heavy atom. The topological polar surface area (TPSA) is 6.48 Å². The first-order chi connectivity index (χ1) is 9.23. The van der Waals surface area contributed by atoms with Gasteiger partial charge in [0, 0.05) is 19.1 Å². The third-order valence-corrected chi connectivity index (χ3v) is 6.06. The second-order valence-corrected chi connectivity index (χ2v) is 6.93. The van der Waals surface area contributed by atoms with Gasteiger partial charge in [0.1, 0.15) is 0 Å². The predicted molar refractivity (Wildman–Crippen MR) is 87.1 cm³/mol. The van der Waals surface area contributed by atoms with Crippen LogP contribution in [0.1, 0.15) is 52.4 Å². The molecule has 0 aromatic carbocycles. The second-order valence-electron chi connectivity index (χ2n) is 6.62. The molecule has 19 heavy (non-hydrogen) atoms. The molecule has 0 aromatic rings. The van der Waals surface area contributed by atoms with E-state index in [0.29, 0.717) is 5.41 Å². The molecule has 0 N–H and O–H groups in total. The molecule has 3 heteroatoms. The van der Waals surface area contributed by atoms with Crippen molar-refractivity contribution in [3.05, 3.63) is 0 Å². The van der Waals surface area contributed by atoms with E-state index in [-0.39, 0.29) is 0 Å². The summed E-state index contributed by atoms with van der Waals surface area (Å²) in [5.74, 6) is 1.08. The summed E-state index contributed by atoms with van der Waals surface area (Å²) < 4.78 is 0. The number of hydrogen-bond acceptors (Lipinski definition) is 3. The number of thiol groups is 1. The molecule has 0 amide bonds. The summed E-state index contributed by atoms with van der Waals surface area (Å²) in [6.07, 6.45) is 8.47. The molecular weight excluding hydrogens is 252 g/mol. The number of likely N-dealkylation sites (N-methyl/N-ethyl adjacent to an activating group) is 1. The van der Waals surface area contributed by atoms with E-state index in [1.807, 2.05) is 0 Å². The van der Waals surface area contributed by atoms with Crippen molar-refractivity contribution >= 4 is 12.6 Å². The van der Waals surface area contributed by atoms with Gasteiger partial charge in [0.2, 0.25) is 0 Å². The number of likely N-dealkylation sites (tertiary alicyclic amines) is 1. The van der Waals surface area contributed by atoms with E-state index in [4.69, 9.17) is 0 Å². The molecule has 1 saturated carbocycles. The lowest BCUT2D eigenvalue weighted by Crippen LogP contribution is -2.42. The van der Waals surface area contributed by atoms with E-state index in [1.165, 1.54) is 71.2 Å². The number of rotatable bonds is 6. The summed E-state index contributed by atoms with van der Waals surface area (Å²) >= 11 is 4.68. The molecule has 2 nitrogen and oxygen atoms in total. The molecule has 1 saturated heterocycles. The smallest absolute Gasteiger partial charge is 0.0235 e. The molecule has 2 fully saturated rings. The molecular formula is C16H32N2S. The molecule has 112 valence electrons. The quantitative estimate of drug-likeness (QED) is 0.748. The van der Waals surface area contributed by atoms with E-state index in [0.717, 1.165) is 11.8 Å². The van der Waals surface area contributed by atoms with Gasteiger partial charge in [0.15, 0.2) is 0 Å². The molecule has 2 aliphatic rings. The van der Waals surface area contributed by atoms with Gasteiger partial charge in [0.25, 0.3) is 0 Å². The third kappa shape index (κ3) is 3.89. The van der Waals surface area contributed by atoms with Crippen molar-refractivity contribution in [2.24, 2.45) is 5.41 Å². The van der Waals surface area contributed by atoms with E-state index < -0.39 is 0 Å². The normalized spacial score (nSPS) is 28.1. The Bertz CT molecular complexity index is 259. The summed E-state index contributed by atoms with van der Waals surface area (Å²) in [5, 5.41) is 0. The SMILES string of the molecule is CCN(CC)C1CCN(CC2(CS)CCCCC2)C1. The zero-order valence-electron chi connectivity index (χ0n) is 12.9. The van der Waals surface area contributed by atoms with Gasteiger partial charge in [-0.05, 0) is 50.1 Å². The first-order valence-corrected chi connectivity index (χ1v) is 8.93. The van der Waals surface area contributed by atoms with E-state index in [1.54, 1.807) is 0 Å². The van der Waals surface area contributed by atoms with E-state index >= 15 is 0 Å². The average molecular weight is 285 g/mol. The molecule has 0 radical (unpaired) electrons. The van der Waals surface area contributed by atoms with Crippen molar-refractivity contribution in [1.82, 2.24) is 9.80 Å². The summed E-state index contributed by atoms with van der Waals surface area (Å²) in [4.78, 5) is 5.36. The van der Waals surface area contributed by atoms with Crippen LogP contribution in [-0.2, 0) is 0 Å². The Morgan fingerprint density at radius 2 is 1.84 bits per heavy atom. The fourth-order valence-corrected chi connectivity index (χ4v) is 4.55. The van der Waals surface area contributed by atoms with Gasteiger partial charge in [-0.25, -0.2) is 0 Å². The van der Waals surface area contributed by atoms with Crippen LogP contribution in [0, 0.1) is 5.41 Å². The monoisotopic (exact) mass is 284 g/mol. The van der Waals surface area contributed by atoms with Crippen LogP contribution in [0.4, 0.5) is 0 Å². The van der Waals surface area contributed by atoms with Crippen molar-refractivity contribution < 1.29 is 0 Å². The molecule has 0 spiro atoms. The standard InChI is InChI=1S/C16H32N2S/c1-3-18(4-2)15-8-11-17(12-15)13-16(14-19)9-6-5-7-10-16/h15,19H,3-14H2,1-2H3. The Kier molecular flexibility index (Phi) is 6.04. The Hall–Kier alpha value is 0.270. The molecule has 0 bridgehead atoms. The van der Waals surface area contributed by atoms with Gasteiger partial charge >= 0.3 is 0 Å². The van der Waals surface area contributed by atoms with Crippen LogP contribution in [0.25, 0.3) is 0 Å². The molecule has 1 unspecified atom stereocenters. The van der Waals surface area contributed by atoms with Crippen molar-refractivity contribution in [1.29, 1.82) is 0 Å². The molecule has 1 aliphatic heterocycles. The highest BCUT2D eigenvalue weighted by molar-refractivity contribution is 7.80. The van der Waals surface area contributed by atoms with Crippen molar-refractivity contribution in [2.45, 2.75) is 58.4 Å². The van der Waals surface area contributed by atoms with Gasteiger partial charge < -0.3 is 4.90 Å². The van der Waals surface area contributed by atoms with Crippen LogP contribution in [0.2, 0.25) is 0 Å². The first-order valence-electron chi connectivity index (χ1n) is 8.30. The lowest BCUT2D eigenvalue weighted by Gasteiger charge is -2.39. The summed E-state index contributed by atoms with van der Waals surface area (Å²) in [6.45, 7) is 10.9. The molecule has 2 rings (SSSR count). The van der Waals surface area contributed by atoms with Crippen molar-refractivity contribution in [3.63, 3.8) is 0 Å². The average Bonchev–Trinajstić information content (AvgIpc) is 2.89. The molecule has 1 atom stereocenters. The van der Waals surface area contributed by atoms with Gasteiger partial charge in [-0.1, -0.05) is 33.1 Å². The van der Waals surface area contributed by atoms with Crippen LogP contribution in [0.3, 0.4) is 0 Å². The minimum Gasteiger partial charge on any atom is -0.301 e. The van der Waals surface area contributed by atoms with Crippen LogP contribution in [-0.4, -0.2) is 54.3 Å². The van der Waals surface area contributed by atoms with Crippen LogP contribution < -0.4 is 0 Å². The lowest BCUT2D eigenvalue weighted by molar-refractivity contribution is 0.133. The van der Waals surface area contributed by atoms with E-state index in [2.05, 4.69) is 36.3 Å². The zero-order valence-corrected chi connectivity index (χ0v) is 13.8. The maximum absolute atomic E-state index is 4.68. The maximum Gasteiger partial charge on any atom is 0.0235 e. The Labute approximate surface area is 125 Å². The van der Waals surface area contributed by atoms with Crippen molar-refractivity contribution in [3.8, 4) is 0 Å². The number of nitrogens with zero attached hydrogens (tertiary/aromatic N) is 2. The second kappa shape index (κ2) is 7.33. The number of hydrogen-bond donors (Lipinski definition) is 1. The van der Waals surface area contributed by atoms with E-state index in [9.17, 15) is 0 Å². The highest BCUT2D eigenvalue weighted by Gasteiger charge is 2.35. The van der Waals surface area contributed by atoms with Gasteiger partial charge in [-0.3, -0.25) is 4.90 Å². The molecule has 1 heterocycles. The summed E-state index contributed by atoms with van der Waals surface area (Å²) in [6, 6.07) is 0.801. The van der Waals surface area contributed by atoms with Gasteiger partial charge in [0.05, 0.1) is 0 Å². The lowest BCUT2D eigenvalue weighted by atomic mass is 9.75. The highest BCUT2D eigenvalue weighted by atomic mass is 32.1. The van der Waals surface area contributed by atoms with Crippen LogP contribution in [0.5, 0.6) is 0 Å². The Morgan fingerprint density at radius 3 is 2.42 bits per heavy atom. The predicted octanol–water partition coefficient (Wildman–Crippen LogP) is 3.28. The highest BCUT2D eigenvalue weighted by Crippen LogP contribution is 2.38. The largest absolute Gasteiger partial charge is 0.301 e. The van der Waals surface area contributed by atoms with Gasteiger partial charge in [-0.15, -0.1) is 0 Å². The Balaban J connectivity index is 1.86. The van der Waals surface area contributed by atoms with Crippen molar-refractivity contribution in [2.75, 3.05) is 38.5 Å². The summed E-state index contributed by atoms with van der Waals surface area (Å²) in [5.41, 5.74) is 0.527. The minimum absolute atomic E-state index is 0.527.